The summed E-state index contributed by atoms with van der Waals surface area (Å²) < 4.78 is 14.2. The molecule has 6 N–H and O–H groups in total. The average molecular weight is 561 g/mol. The first-order chi connectivity index (χ1) is 19.3. The summed E-state index contributed by atoms with van der Waals surface area (Å²) in [6.07, 6.45) is 6.86. The summed E-state index contributed by atoms with van der Waals surface area (Å²) in [5, 5.41) is 18.5. The second kappa shape index (κ2) is 12.7. The lowest BCUT2D eigenvalue weighted by Gasteiger charge is -2.15. The minimum Gasteiger partial charge on any atom is -0.404 e. The monoisotopic (exact) mass is 560 g/mol. The molecule has 0 saturated heterocycles. The normalized spacial score (nSPS) is 16.5. The molecule has 0 unspecified atom stereocenters. The zero-order valence-corrected chi connectivity index (χ0v) is 22.2. The van der Waals surface area contributed by atoms with Crippen LogP contribution in [-0.2, 0) is 9.59 Å². The Labute approximate surface area is 234 Å². The number of amides is 2. The van der Waals surface area contributed by atoms with Gasteiger partial charge in [0.2, 0.25) is 5.91 Å². The van der Waals surface area contributed by atoms with Crippen LogP contribution in [0.25, 0.3) is 11.3 Å². The van der Waals surface area contributed by atoms with Crippen LogP contribution in [-0.4, -0.2) is 35.0 Å². The number of imidazole rings is 1. The van der Waals surface area contributed by atoms with Crippen molar-refractivity contribution in [3.05, 3.63) is 82.7 Å². The lowest BCUT2D eigenvalue weighted by atomic mass is 10.1. The van der Waals surface area contributed by atoms with Crippen molar-refractivity contribution in [3.8, 4) is 17.3 Å². The van der Waals surface area contributed by atoms with Gasteiger partial charge in [-0.2, -0.15) is 5.26 Å². The van der Waals surface area contributed by atoms with E-state index in [4.69, 9.17) is 17.3 Å². The molecule has 0 spiro atoms. The van der Waals surface area contributed by atoms with E-state index in [1.54, 1.807) is 19.2 Å². The Morgan fingerprint density at radius 2 is 2.15 bits per heavy atom. The topological polar surface area (TPSA) is 161 Å². The Hall–Kier alpha value is -4.95. The van der Waals surface area contributed by atoms with Crippen molar-refractivity contribution in [1.29, 1.82) is 5.26 Å². The first-order valence-corrected chi connectivity index (χ1v) is 12.7. The third-order valence-electron chi connectivity index (χ3n) is 6.11. The molecule has 4 rings (SSSR count). The van der Waals surface area contributed by atoms with Crippen LogP contribution in [0.5, 0.6) is 0 Å². The van der Waals surface area contributed by atoms with E-state index in [9.17, 15) is 19.2 Å². The third kappa shape index (κ3) is 6.36. The molecular formula is C28H26ClFN8O2. The summed E-state index contributed by atoms with van der Waals surface area (Å²) in [5.74, 6) is -1.17. The van der Waals surface area contributed by atoms with E-state index in [1.807, 2.05) is 18.2 Å². The maximum atomic E-state index is 14.2. The number of hydrogen-bond donors (Lipinski definition) is 5. The highest BCUT2D eigenvalue weighted by Crippen LogP contribution is 2.33. The molecule has 0 radical (unpaired) electrons. The first-order valence-electron chi connectivity index (χ1n) is 12.3. The molecular weight excluding hydrogens is 535 g/mol. The minimum absolute atomic E-state index is 0.0294. The summed E-state index contributed by atoms with van der Waals surface area (Å²) in [6, 6.07) is 11.1. The molecule has 1 atom stereocenters. The van der Waals surface area contributed by atoms with Crippen LogP contribution in [0, 0.1) is 17.1 Å². The van der Waals surface area contributed by atoms with Gasteiger partial charge in [-0.15, -0.1) is 0 Å². The van der Waals surface area contributed by atoms with Crippen LogP contribution in [0.4, 0.5) is 21.5 Å². The quantitative estimate of drug-likeness (QED) is 0.170. The molecule has 2 heterocycles. The Bertz CT molecular complexity index is 1570. The van der Waals surface area contributed by atoms with Gasteiger partial charge < -0.3 is 26.7 Å². The third-order valence-corrected chi connectivity index (χ3v) is 6.40. The fraction of sp³-hybridized carbons (Fsp3) is 0.179. The van der Waals surface area contributed by atoms with Gasteiger partial charge in [0.25, 0.3) is 5.91 Å². The Morgan fingerprint density at radius 3 is 2.90 bits per heavy atom. The van der Waals surface area contributed by atoms with Gasteiger partial charge in [0, 0.05) is 37.1 Å². The molecule has 204 valence electrons. The molecule has 2 aromatic carbocycles. The number of allylic oxidation sites excluding steroid dienone is 1. The number of carbonyl (C=O) groups excluding carboxylic acids is 2. The van der Waals surface area contributed by atoms with Crippen LogP contribution in [0.2, 0.25) is 5.02 Å². The second-order valence-electron chi connectivity index (χ2n) is 8.74. The number of aromatic amines is 1. The SMILES string of the molecule is CNc1ccc2c(c1)NC(=O)CC/C=C/C[C@H](NC(=O)C(C=Nc1cccc(Cl)c1F)=CN)c1nc(C#N)c-2[nH]1. The smallest absolute Gasteiger partial charge is 0.254 e. The van der Waals surface area contributed by atoms with E-state index >= 15 is 0 Å². The fourth-order valence-corrected chi connectivity index (χ4v) is 4.19. The zero-order valence-electron chi connectivity index (χ0n) is 21.5. The van der Waals surface area contributed by atoms with E-state index in [2.05, 4.69) is 37.0 Å². The highest BCUT2D eigenvalue weighted by Gasteiger charge is 2.24. The Balaban J connectivity index is 1.69. The summed E-state index contributed by atoms with van der Waals surface area (Å²) in [5.41, 5.74) is 7.93. The van der Waals surface area contributed by atoms with Gasteiger partial charge in [-0.1, -0.05) is 29.8 Å². The number of H-pyrrole nitrogens is 1. The highest BCUT2D eigenvalue weighted by atomic mass is 35.5. The number of aromatic nitrogens is 2. The predicted octanol–water partition coefficient (Wildman–Crippen LogP) is 4.86. The molecule has 1 aromatic heterocycles. The largest absolute Gasteiger partial charge is 0.404 e. The lowest BCUT2D eigenvalue weighted by Crippen LogP contribution is -2.31. The van der Waals surface area contributed by atoms with Crippen molar-refractivity contribution in [2.75, 3.05) is 17.7 Å². The molecule has 12 heteroatoms. The zero-order chi connectivity index (χ0) is 28.6. The number of hydrogen-bond acceptors (Lipinski definition) is 7. The number of carbonyl (C=O) groups is 2. The van der Waals surface area contributed by atoms with Crippen LogP contribution in [0.3, 0.4) is 0 Å². The van der Waals surface area contributed by atoms with Gasteiger partial charge >= 0.3 is 0 Å². The van der Waals surface area contributed by atoms with Gasteiger partial charge in [0.15, 0.2) is 11.5 Å². The molecule has 1 aliphatic heterocycles. The summed E-state index contributed by atoms with van der Waals surface area (Å²) >= 11 is 5.81. The van der Waals surface area contributed by atoms with E-state index in [-0.39, 0.29) is 34.3 Å². The van der Waals surface area contributed by atoms with Crippen molar-refractivity contribution in [2.45, 2.75) is 25.3 Å². The van der Waals surface area contributed by atoms with Crippen molar-refractivity contribution in [3.63, 3.8) is 0 Å². The lowest BCUT2D eigenvalue weighted by molar-refractivity contribution is -0.118. The van der Waals surface area contributed by atoms with Crippen molar-refractivity contribution < 1.29 is 14.0 Å². The summed E-state index contributed by atoms with van der Waals surface area (Å²) in [6.45, 7) is 0. The number of halogens is 2. The van der Waals surface area contributed by atoms with Crippen molar-refractivity contribution in [1.82, 2.24) is 15.3 Å². The number of aliphatic imine (C=N–C) groups is 1. The maximum absolute atomic E-state index is 14.2. The number of rotatable bonds is 5. The highest BCUT2D eigenvalue weighted by molar-refractivity contribution is 6.31. The molecule has 3 aromatic rings. The summed E-state index contributed by atoms with van der Waals surface area (Å²) in [7, 11) is 1.76. The fourth-order valence-electron chi connectivity index (χ4n) is 4.02. The van der Waals surface area contributed by atoms with E-state index < -0.39 is 17.8 Å². The van der Waals surface area contributed by atoms with Crippen LogP contribution < -0.4 is 21.7 Å². The van der Waals surface area contributed by atoms with Gasteiger partial charge in [-0.25, -0.2) is 9.37 Å². The summed E-state index contributed by atoms with van der Waals surface area (Å²) in [4.78, 5) is 37.4. The number of benzene rings is 2. The first kappa shape index (κ1) is 28.1. The van der Waals surface area contributed by atoms with Crippen molar-refractivity contribution in [2.24, 2.45) is 10.7 Å². The van der Waals surface area contributed by atoms with Crippen LogP contribution >= 0.6 is 11.6 Å². The maximum Gasteiger partial charge on any atom is 0.254 e. The molecule has 2 amide bonds. The molecule has 0 saturated carbocycles. The number of anilines is 2. The van der Waals surface area contributed by atoms with Crippen LogP contribution in [0.15, 0.2) is 65.3 Å². The predicted molar refractivity (Wildman–Crippen MR) is 153 cm³/mol. The van der Waals surface area contributed by atoms with Gasteiger partial charge in [-0.05, 0) is 43.2 Å². The number of nitrogens with zero attached hydrogens (tertiary/aromatic N) is 3. The molecule has 10 nitrogen and oxygen atoms in total. The number of fused-ring (bicyclic) bond motifs is 4. The second-order valence-corrected chi connectivity index (χ2v) is 9.15. The van der Waals surface area contributed by atoms with Gasteiger partial charge in [0.1, 0.15) is 17.6 Å². The van der Waals surface area contributed by atoms with E-state index in [0.29, 0.717) is 35.6 Å². The number of nitrogens with two attached hydrogens (primary N) is 1. The van der Waals surface area contributed by atoms with Gasteiger partial charge in [0.05, 0.1) is 28.0 Å². The van der Waals surface area contributed by atoms with E-state index in [0.717, 1.165) is 18.1 Å². The number of nitriles is 1. The molecule has 1 aliphatic rings. The molecule has 0 fully saturated rings. The Kier molecular flexibility index (Phi) is 8.93. The van der Waals surface area contributed by atoms with Crippen LogP contribution in [0.1, 0.15) is 36.8 Å². The van der Waals surface area contributed by atoms with Gasteiger partial charge in [-0.3, -0.25) is 14.6 Å². The molecule has 0 aliphatic carbocycles. The minimum atomic E-state index is -0.722. The average Bonchev–Trinajstić information content (AvgIpc) is 3.38. The standard InChI is InChI=1S/C28H26ClFN8O2/c1-33-17-10-11-18-22(12-17)35-24(39)9-4-2-3-7-21(27-36-23(14-32)26(18)38-27)37-28(40)16(13-31)15-34-20-8-5-6-19(29)25(20)30/h2-3,5-6,8,10-13,15,21,33H,4,7,9,31H2,1H3,(H,35,39)(H,36,38)(H,37,40)/b3-2+,16-13?,34-15?/t21-/m0/s1. The van der Waals surface area contributed by atoms with Crippen molar-refractivity contribution >= 4 is 46.7 Å². The molecule has 40 heavy (non-hydrogen) atoms. The van der Waals surface area contributed by atoms with E-state index in [1.165, 1.54) is 18.2 Å². The Morgan fingerprint density at radius 1 is 1.32 bits per heavy atom. The molecule has 2 bridgehead atoms. The number of nitrogens with one attached hydrogen (secondary N) is 4.